The lowest BCUT2D eigenvalue weighted by atomic mass is 9.73. The lowest BCUT2D eigenvalue weighted by Crippen LogP contribution is -2.56. The zero-order valence-electron chi connectivity index (χ0n) is 29.1. The number of ether oxygens (including phenoxy) is 1. The third-order valence-electron chi connectivity index (χ3n) is 12.9. The summed E-state index contributed by atoms with van der Waals surface area (Å²) < 4.78 is 12.0. The summed E-state index contributed by atoms with van der Waals surface area (Å²) in [6, 6.07) is 40.2. The van der Waals surface area contributed by atoms with Crippen LogP contribution in [0.3, 0.4) is 0 Å². The Morgan fingerprint density at radius 1 is 0.694 bits per heavy atom. The van der Waals surface area contributed by atoms with E-state index in [0.29, 0.717) is 0 Å². The number of pyridine rings is 1. The molecule has 6 aromatic rings. The molecule has 49 heavy (non-hydrogen) atoms. The van der Waals surface area contributed by atoms with Crippen LogP contribution in [0.25, 0.3) is 50.5 Å². The van der Waals surface area contributed by atoms with Crippen LogP contribution in [-0.4, -0.2) is 10.6 Å². The molecule has 0 spiro atoms. The molecule has 4 nitrogen and oxygen atoms in total. The summed E-state index contributed by atoms with van der Waals surface area (Å²) in [4.78, 5) is 5.61. The normalized spacial score (nSPS) is 24.3. The number of aromatic nitrogens is 3. The minimum Gasteiger partial charge on any atom is -0.486 e. The summed E-state index contributed by atoms with van der Waals surface area (Å²) in [5.41, 5.74) is 15.1. The van der Waals surface area contributed by atoms with Gasteiger partial charge in [0.15, 0.2) is 6.20 Å². The van der Waals surface area contributed by atoms with Crippen LogP contribution in [-0.2, 0) is 16.4 Å². The number of benzene rings is 4. The van der Waals surface area contributed by atoms with Gasteiger partial charge in [-0.15, -0.1) is 0 Å². The number of nitrogens with zero attached hydrogens (tertiary/aromatic N) is 3. The first kappa shape index (κ1) is 28.9. The summed E-state index contributed by atoms with van der Waals surface area (Å²) in [7, 11) is 0. The van der Waals surface area contributed by atoms with Crippen molar-refractivity contribution in [3.05, 3.63) is 138 Å². The van der Waals surface area contributed by atoms with Crippen LogP contribution in [0.4, 0.5) is 0 Å². The van der Waals surface area contributed by atoms with Gasteiger partial charge in [-0.25, -0.2) is 4.98 Å². The van der Waals surface area contributed by atoms with Crippen molar-refractivity contribution in [2.75, 3.05) is 0 Å². The molecule has 4 heteroatoms. The molecule has 0 saturated heterocycles. The van der Waals surface area contributed by atoms with Crippen molar-refractivity contribution >= 4 is 16.7 Å². The summed E-state index contributed by atoms with van der Waals surface area (Å²) in [5.74, 6) is 0.972. The maximum Gasteiger partial charge on any atom is 0.240 e. The molecule has 4 aromatic carbocycles. The van der Waals surface area contributed by atoms with Crippen molar-refractivity contribution in [1.82, 2.24) is 4.98 Å². The van der Waals surface area contributed by atoms with Crippen molar-refractivity contribution in [3.63, 3.8) is 0 Å². The molecule has 5 heterocycles. The Morgan fingerprint density at radius 3 is 2.14 bits per heavy atom. The highest BCUT2D eigenvalue weighted by Gasteiger charge is 2.85. The van der Waals surface area contributed by atoms with E-state index in [0.717, 1.165) is 40.9 Å². The van der Waals surface area contributed by atoms with Gasteiger partial charge in [0.2, 0.25) is 28.1 Å². The lowest BCUT2D eigenvalue weighted by Gasteiger charge is -2.33. The molecule has 0 bridgehead atoms. The van der Waals surface area contributed by atoms with Crippen LogP contribution in [0, 0.1) is 0 Å². The van der Waals surface area contributed by atoms with Crippen LogP contribution in [0.5, 0.6) is 5.75 Å². The van der Waals surface area contributed by atoms with Gasteiger partial charge in [-0.05, 0) is 56.2 Å². The molecule has 4 aliphatic rings. The second-order valence-corrected chi connectivity index (χ2v) is 15.3. The molecule has 1 saturated carbocycles. The standard InChI is InChI=1S/C45H41N3O/c1-7-44-32-23-15-14-22-31(32)39-38(28-18-10-9-11-19-28)46-34-26-33-37(49-43(5,6)42(33,3)4)27-36(34)48(39)45(44,8-2)41(44)40-30-21-13-12-20-29(30)35-24-16-17-25-47(35)40/h9-27H,7-8H2,1-6H3/q+2. The molecule has 1 aliphatic carbocycles. The Balaban J connectivity index is 1.42. The van der Waals surface area contributed by atoms with Crippen molar-refractivity contribution in [2.24, 2.45) is 0 Å². The van der Waals surface area contributed by atoms with E-state index in [1.807, 2.05) is 0 Å². The predicted octanol–water partition coefficient (Wildman–Crippen LogP) is 9.31. The number of hydrogen-bond donors (Lipinski definition) is 0. The highest BCUT2D eigenvalue weighted by atomic mass is 16.5. The van der Waals surface area contributed by atoms with Gasteiger partial charge in [0.1, 0.15) is 22.6 Å². The average molecular weight is 640 g/mol. The fourth-order valence-electron chi connectivity index (χ4n) is 10.0. The van der Waals surface area contributed by atoms with E-state index in [9.17, 15) is 0 Å². The molecule has 240 valence electrons. The smallest absolute Gasteiger partial charge is 0.240 e. The second kappa shape index (κ2) is 9.32. The van der Waals surface area contributed by atoms with Crippen LogP contribution in [0.1, 0.15) is 71.1 Å². The SMILES string of the molecule is CCC12C(=C3c4ccccc4-c4cccc[n+]43)C1(CC)[n+]1c(c(-c3ccccc3)nc3cc4c(cc31)OC(C)(C)C4(C)C)-c1ccccc12. The highest BCUT2D eigenvalue weighted by molar-refractivity contribution is 5.93. The van der Waals surface area contributed by atoms with E-state index in [-0.39, 0.29) is 22.0 Å². The van der Waals surface area contributed by atoms with Gasteiger partial charge in [-0.2, -0.15) is 9.13 Å². The van der Waals surface area contributed by atoms with E-state index in [1.54, 1.807) is 0 Å². The summed E-state index contributed by atoms with van der Waals surface area (Å²) >= 11 is 0. The summed E-state index contributed by atoms with van der Waals surface area (Å²) in [6.45, 7) is 13.8. The Kier molecular flexibility index (Phi) is 5.50. The molecule has 0 radical (unpaired) electrons. The molecular formula is C45H41N3O+2. The highest BCUT2D eigenvalue weighted by Crippen LogP contribution is 2.74. The minimum absolute atomic E-state index is 0.172. The van der Waals surface area contributed by atoms with Crippen molar-refractivity contribution in [2.45, 2.75) is 76.4 Å². The van der Waals surface area contributed by atoms with Gasteiger partial charge < -0.3 is 4.74 Å². The third kappa shape index (κ3) is 3.24. The zero-order chi connectivity index (χ0) is 33.5. The Labute approximate surface area is 288 Å². The number of hydrogen-bond acceptors (Lipinski definition) is 2. The Bertz CT molecular complexity index is 2410. The molecule has 10 rings (SSSR count). The van der Waals surface area contributed by atoms with Crippen molar-refractivity contribution in [1.29, 1.82) is 0 Å². The van der Waals surface area contributed by atoms with E-state index in [4.69, 9.17) is 9.72 Å². The topological polar surface area (TPSA) is 29.9 Å². The molecule has 0 N–H and O–H groups in total. The second-order valence-electron chi connectivity index (χ2n) is 15.3. The van der Waals surface area contributed by atoms with Gasteiger partial charge in [0.05, 0.1) is 33.7 Å². The van der Waals surface area contributed by atoms with Crippen molar-refractivity contribution in [3.8, 4) is 39.5 Å². The number of allylic oxidation sites excluding steroid dienone is 1. The molecule has 2 unspecified atom stereocenters. The average Bonchev–Trinajstić information content (AvgIpc) is 3.54. The first-order valence-electron chi connectivity index (χ1n) is 17.9. The van der Waals surface area contributed by atoms with Gasteiger partial charge >= 0.3 is 0 Å². The van der Waals surface area contributed by atoms with E-state index >= 15 is 0 Å². The maximum absolute atomic E-state index is 6.82. The van der Waals surface area contributed by atoms with E-state index < -0.39 is 0 Å². The van der Waals surface area contributed by atoms with E-state index in [2.05, 4.69) is 166 Å². The zero-order valence-corrected chi connectivity index (χ0v) is 29.1. The fourth-order valence-corrected chi connectivity index (χ4v) is 10.0. The largest absolute Gasteiger partial charge is 0.486 e. The first-order chi connectivity index (χ1) is 23.7. The quantitative estimate of drug-likeness (QED) is 0.180. The van der Waals surface area contributed by atoms with Crippen molar-refractivity contribution < 1.29 is 13.9 Å². The minimum atomic E-state index is -0.345. The molecule has 2 aromatic heterocycles. The van der Waals surface area contributed by atoms with Gasteiger partial charge in [-0.1, -0.05) is 88.4 Å². The number of rotatable bonds is 3. The van der Waals surface area contributed by atoms with Gasteiger partial charge in [0, 0.05) is 35.1 Å². The van der Waals surface area contributed by atoms with Crippen LogP contribution >= 0.6 is 0 Å². The molecule has 3 aliphatic heterocycles. The van der Waals surface area contributed by atoms with Crippen LogP contribution in [0.15, 0.2) is 121 Å². The maximum atomic E-state index is 6.82. The summed E-state index contributed by atoms with van der Waals surface area (Å²) in [5, 5.41) is 0. The van der Waals surface area contributed by atoms with Gasteiger partial charge in [0.25, 0.3) is 0 Å². The Morgan fingerprint density at radius 2 is 1.39 bits per heavy atom. The van der Waals surface area contributed by atoms with E-state index in [1.165, 1.54) is 50.5 Å². The molecule has 0 amide bonds. The predicted molar refractivity (Wildman–Crippen MR) is 195 cm³/mol. The van der Waals surface area contributed by atoms with Crippen LogP contribution in [0.2, 0.25) is 0 Å². The number of fused-ring (bicyclic) bond motifs is 12. The monoisotopic (exact) mass is 639 g/mol. The van der Waals surface area contributed by atoms with Crippen LogP contribution < -0.4 is 13.9 Å². The molecular weight excluding hydrogens is 599 g/mol. The fraction of sp³-hybridized carbons (Fsp3) is 0.267. The molecule has 1 fully saturated rings. The first-order valence-corrected chi connectivity index (χ1v) is 17.9. The molecule has 2 atom stereocenters. The third-order valence-corrected chi connectivity index (χ3v) is 12.9. The van der Waals surface area contributed by atoms with Gasteiger partial charge in [-0.3, -0.25) is 0 Å². The lowest BCUT2D eigenvalue weighted by molar-refractivity contribution is -0.708. The summed E-state index contributed by atoms with van der Waals surface area (Å²) in [6.07, 6.45) is 4.19. The Hall–Kier alpha value is -5.09.